The Bertz CT molecular complexity index is 167. The van der Waals surface area contributed by atoms with Gasteiger partial charge in [-0.05, 0) is 0 Å². The zero-order valence-electron chi connectivity index (χ0n) is 7.67. The molecule has 0 aromatic rings. The van der Waals surface area contributed by atoms with E-state index in [1.165, 1.54) is 0 Å². The summed E-state index contributed by atoms with van der Waals surface area (Å²) in [6.07, 6.45) is -1.51. The summed E-state index contributed by atoms with van der Waals surface area (Å²) in [5.41, 5.74) is 0. The third-order valence-corrected chi connectivity index (χ3v) is 2.50. The van der Waals surface area contributed by atoms with Crippen LogP contribution in [0.2, 0.25) is 0 Å². The highest BCUT2D eigenvalue weighted by molar-refractivity contribution is 4.88. The van der Waals surface area contributed by atoms with E-state index in [0.29, 0.717) is 0 Å². The minimum absolute atomic E-state index is 0.122. The van der Waals surface area contributed by atoms with E-state index < -0.39 is 12.2 Å². The van der Waals surface area contributed by atoms with E-state index >= 15 is 0 Å². The summed E-state index contributed by atoms with van der Waals surface area (Å²) >= 11 is 0. The highest BCUT2D eigenvalue weighted by Crippen LogP contribution is 2.25. The van der Waals surface area contributed by atoms with Crippen LogP contribution in [-0.2, 0) is 18.9 Å². The monoisotopic (exact) mass is 206 g/mol. The Labute approximate surface area is 81.3 Å². The Morgan fingerprint density at radius 1 is 0.786 bits per heavy atom. The average Bonchev–Trinajstić information content (AvgIpc) is 2.85. The molecular formula is C8H14O6. The molecule has 2 rings (SSSR count). The van der Waals surface area contributed by atoms with Crippen LogP contribution >= 0.6 is 0 Å². The minimum Gasteiger partial charge on any atom is -0.394 e. The quantitative estimate of drug-likeness (QED) is 0.582. The van der Waals surface area contributed by atoms with Crippen molar-refractivity contribution in [1.82, 2.24) is 0 Å². The second kappa shape index (κ2) is 4.52. The lowest BCUT2D eigenvalue weighted by Crippen LogP contribution is -2.44. The van der Waals surface area contributed by atoms with Gasteiger partial charge >= 0.3 is 0 Å². The van der Waals surface area contributed by atoms with Crippen LogP contribution in [0.25, 0.3) is 0 Å². The van der Waals surface area contributed by atoms with E-state index in [2.05, 4.69) is 0 Å². The third kappa shape index (κ3) is 1.77. The van der Waals surface area contributed by atoms with Crippen LogP contribution < -0.4 is 0 Å². The highest BCUT2D eigenvalue weighted by Gasteiger charge is 2.43. The van der Waals surface area contributed by atoms with E-state index in [0.717, 1.165) is 0 Å². The van der Waals surface area contributed by atoms with Gasteiger partial charge in [-0.2, -0.15) is 0 Å². The lowest BCUT2D eigenvalue weighted by atomic mass is 10.0. The van der Waals surface area contributed by atoms with Crippen LogP contribution in [0.5, 0.6) is 0 Å². The zero-order valence-corrected chi connectivity index (χ0v) is 7.67. The van der Waals surface area contributed by atoms with Gasteiger partial charge in [0.05, 0.1) is 13.2 Å². The number of rotatable bonds is 3. The first-order valence-corrected chi connectivity index (χ1v) is 4.55. The smallest absolute Gasteiger partial charge is 0.147 e. The minimum atomic E-state index is -0.393. The number of aliphatic hydroxyl groups excluding tert-OH is 2. The second-order valence-corrected chi connectivity index (χ2v) is 3.27. The lowest BCUT2D eigenvalue weighted by molar-refractivity contribution is -0.0380. The molecule has 0 bridgehead atoms. The van der Waals surface area contributed by atoms with Gasteiger partial charge < -0.3 is 29.2 Å². The standard InChI is InChI=1S/C8H14O6/c9-1-5-7(13-3-11-5)8-6(2-10)12-4-14-8/h5-10H,1-4H2. The normalized spacial score (nSPS) is 43.3. The lowest BCUT2D eigenvalue weighted by Gasteiger charge is -2.23. The van der Waals surface area contributed by atoms with Crippen molar-refractivity contribution in [2.45, 2.75) is 24.4 Å². The first kappa shape index (κ1) is 10.3. The van der Waals surface area contributed by atoms with Crippen LogP contribution in [0.3, 0.4) is 0 Å². The molecule has 0 aromatic heterocycles. The van der Waals surface area contributed by atoms with Crippen LogP contribution in [0.15, 0.2) is 0 Å². The van der Waals surface area contributed by atoms with Gasteiger partial charge in [-0.15, -0.1) is 0 Å². The molecule has 0 radical (unpaired) electrons. The number of hydrogen-bond donors (Lipinski definition) is 2. The summed E-state index contributed by atoms with van der Waals surface area (Å²) in [5.74, 6) is 0. The summed E-state index contributed by atoms with van der Waals surface area (Å²) in [4.78, 5) is 0. The molecule has 82 valence electrons. The molecule has 6 nitrogen and oxygen atoms in total. The van der Waals surface area contributed by atoms with Crippen molar-refractivity contribution in [2.75, 3.05) is 26.8 Å². The fourth-order valence-corrected chi connectivity index (χ4v) is 1.74. The van der Waals surface area contributed by atoms with Crippen molar-refractivity contribution in [3.8, 4) is 0 Å². The molecule has 2 N–H and O–H groups in total. The largest absolute Gasteiger partial charge is 0.394 e. The van der Waals surface area contributed by atoms with Gasteiger partial charge in [-0.25, -0.2) is 0 Å². The Morgan fingerprint density at radius 2 is 1.21 bits per heavy atom. The molecule has 2 fully saturated rings. The van der Waals surface area contributed by atoms with E-state index in [-0.39, 0.29) is 39.0 Å². The van der Waals surface area contributed by atoms with Gasteiger partial charge in [0.25, 0.3) is 0 Å². The summed E-state index contributed by atoms with van der Waals surface area (Å²) in [6, 6.07) is 0. The maximum atomic E-state index is 8.99. The maximum absolute atomic E-state index is 8.99. The number of aliphatic hydroxyl groups is 2. The SMILES string of the molecule is OCC1OCOC1C1OCOC1CO. The van der Waals surface area contributed by atoms with Crippen molar-refractivity contribution >= 4 is 0 Å². The topological polar surface area (TPSA) is 77.4 Å². The molecular weight excluding hydrogens is 192 g/mol. The molecule has 2 aliphatic rings. The summed E-state index contributed by atoms with van der Waals surface area (Å²) in [5, 5.41) is 18.0. The van der Waals surface area contributed by atoms with Gasteiger partial charge in [0.15, 0.2) is 0 Å². The Hall–Kier alpha value is -0.240. The summed E-state index contributed by atoms with van der Waals surface area (Å²) in [6.45, 7) is 0.0488. The fourth-order valence-electron chi connectivity index (χ4n) is 1.74. The van der Waals surface area contributed by atoms with Crippen molar-refractivity contribution < 1.29 is 29.2 Å². The van der Waals surface area contributed by atoms with Gasteiger partial charge in [0.1, 0.15) is 38.0 Å². The highest BCUT2D eigenvalue weighted by atomic mass is 16.8. The van der Waals surface area contributed by atoms with E-state index in [4.69, 9.17) is 29.2 Å². The van der Waals surface area contributed by atoms with Gasteiger partial charge in [0.2, 0.25) is 0 Å². The van der Waals surface area contributed by atoms with Gasteiger partial charge in [-0.1, -0.05) is 0 Å². The molecule has 4 unspecified atom stereocenters. The Morgan fingerprint density at radius 3 is 1.57 bits per heavy atom. The van der Waals surface area contributed by atoms with Gasteiger partial charge in [0, 0.05) is 0 Å². The Kier molecular flexibility index (Phi) is 3.32. The van der Waals surface area contributed by atoms with Crippen LogP contribution in [0.4, 0.5) is 0 Å². The molecule has 4 atom stereocenters. The van der Waals surface area contributed by atoms with Crippen molar-refractivity contribution in [1.29, 1.82) is 0 Å². The van der Waals surface area contributed by atoms with Gasteiger partial charge in [-0.3, -0.25) is 0 Å². The van der Waals surface area contributed by atoms with E-state index in [1.807, 2.05) is 0 Å². The average molecular weight is 206 g/mol. The molecule has 0 aromatic carbocycles. The molecule has 14 heavy (non-hydrogen) atoms. The third-order valence-electron chi connectivity index (χ3n) is 2.50. The summed E-state index contributed by atoms with van der Waals surface area (Å²) in [7, 11) is 0. The predicted molar refractivity (Wildman–Crippen MR) is 43.4 cm³/mol. The molecule has 2 aliphatic heterocycles. The molecule has 2 heterocycles. The fraction of sp³-hybridized carbons (Fsp3) is 1.00. The number of ether oxygens (including phenoxy) is 4. The first-order valence-electron chi connectivity index (χ1n) is 4.55. The van der Waals surface area contributed by atoms with Crippen molar-refractivity contribution in [3.63, 3.8) is 0 Å². The Balaban J connectivity index is 1.98. The maximum Gasteiger partial charge on any atom is 0.147 e. The molecule has 0 aliphatic carbocycles. The first-order chi connectivity index (χ1) is 6.86. The van der Waals surface area contributed by atoms with Crippen LogP contribution in [-0.4, -0.2) is 61.4 Å². The molecule has 0 saturated carbocycles. The predicted octanol–water partition coefficient (Wildman–Crippen LogP) is -1.55. The molecule has 2 saturated heterocycles. The summed E-state index contributed by atoms with van der Waals surface area (Å²) < 4.78 is 20.8. The van der Waals surface area contributed by atoms with Crippen molar-refractivity contribution in [3.05, 3.63) is 0 Å². The molecule has 0 spiro atoms. The molecule has 0 amide bonds. The van der Waals surface area contributed by atoms with Crippen LogP contribution in [0.1, 0.15) is 0 Å². The number of hydrogen-bond acceptors (Lipinski definition) is 6. The zero-order chi connectivity index (χ0) is 9.97. The van der Waals surface area contributed by atoms with Crippen LogP contribution in [0, 0.1) is 0 Å². The second-order valence-electron chi connectivity index (χ2n) is 3.27. The van der Waals surface area contributed by atoms with E-state index in [1.54, 1.807) is 0 Å². The molecule has 6 heteroatoms. The van der Waals surface area contributed by atoms with E-state index in [9.17, 15) is 0 Å². The van der Waals surface area contributed by atoms with Crippen molar-refractivity contribution in [2.24, 2.45) is 0 Å².